The fraction of sp³-hybridized carbons (Fsp3) is 0.500. The number of ether oxygens (including phenoxy) is 1. The monoisotopic (exact) mass is 247 g/mol. The Hall–Kier alpha value is -1.39. The Labute approximate surface area is 108 Å². The van der Waals surface area contributed by atoms with Gasteiger partial charge in [0.25, 0.3) is 0 Å². The summed E-state index contributed by atoms with van der Waals surface area (Å²) in [5.74, 6) is 0.198. The van der Waals surface area contributed by atoms with Gasteiger partial charge in [0.1, 0.15) is 0 Å². The van der Waals surface area contributed by atoms with Gasteiger partial charge in [0.2, 0.25) is 0 Å². The van der Waals surface area contributed by atoms with Crippen molar-refractivity contribution in [3.63, 3.8) is 0 Å². The van der Waals surface area contributed by atoms with Gasteiger partial charge in [-0.15, -0.1) is 0 Å². The summed E-state index contributed by atoms with van der Waals surface area (Å²) in [4.78, 5) is 2.26. The topological polar surface area (TPSA) is 62.3 Å². The molecule has 1 heterocycles. The van der Waals surface area contributed by atoms with E-state index >= 15 is 0 Å². The van der Waals surface area contributed by atoms with Crippen LogP contribution in [-0.2, 0) is 4.74 Å². The number of nitrogens with two attached hydrogens (primary N) is 1. The van der Waals surface area contributed by atoms with Crippen molar-refractivity contribution in [1.82, 2.24) is 4.90 Å². The Kier molecular flexibility index (Phi) is 4.33. The average Bonchev–Trinajstić information content (AvgIpc) is 2.90. The molecule has 1 fully saturated rings. The fourth-order valence-electron chi connectivity index (χ4n) is 2.38. The minimum absolute atomic E-state index is 0.0307. The van der Waals surface area contributed by atoms with Gasteiger partial charge in [0.15, 0.2) is 0 Å². The summed E-state index contributed by atoms with van der Waals surface area (Å²) in [6, 6.07) is 10.5. The summed E-state index contributed by atoms with van der Waals surface area (Å²) in [5.41, 5.74) is 6.85. The van der Waals surface area contributed by atoms with E-state index in [1.54, 1.807) is 0 Å². The lowest BCUT2D eigenvalue weighted by atomic mass is 9.97. The van der Waals surface area contributed by atoms with Gasteiger partial charge < -0.3 is 10.5 Å². The van der Waals surface area contributed by atoms with Gasteiger partial charge in [-0.3, -0.25) is 10.3 Å². The lowest BCUT2D eigenvalue weighted by molar-refractivity contribution is 0.158. The van der Waals surface area contributed by atoms with E-state index in [-0.39, 0.29) is 11.8 Å². The number of rotatable bonds is 5. The highest BCUT2D eigenvalue weighted by molar-refractivity contribution is 5.84. The van der Waals surface area contributed by atoms with Crippen molar-refractivity contribution in [1.29, 1.82) is 5.41 Å². The molecule has 0 saturated carbocycles. The van der Waals surface area contributed by atoms with Gasteiger partial charge in [0, 0.05) is 19.2 Å². The molecule has 4 nitrogen and oxygen atoms in total. The molecule has 2 atom stereocenters. The largest absolute Gasteiger partial charge is 0.387 e. The van der Waals surface area contributed by atoms with Crippen molar-refractivity contribution in [2.45, 2.75) is 18.4 Å². The predicted molar refractivity (Wildman–Crippen MR) is 73.0 cm³/mol. The van der Waals surface area contributed by atoms with Gasteiger partial charge in [-0.25, -0.2) is 0 Å². The Morgan fingerprint density at radius 1 is 1.50 bits per heavy atom. The van der Waals surface area contributed by atoms with Crippen LogP contribution in [0.15, 0.2) is 30.3 Å². The molecular weight excluding hydrogens is 226 g/mol. The third-order valence-electron chi connectivity index (χ3n) is 3.58. The van der Waals surface area contributed by atoms with Crippen molar-refractivity contribution in [2.75, 3.05) is 26.8 Å². The van der Waals surface area contributed by atoms with Crippen LogP contribution in [0.5, 0.6) is 0 Å². The van der Waals surface area contributed by atoms with Crippen LogP contribution in [0.2, 0.25) is 0 Å². The summed E-state index contributed by atoms with van der Waals surface area (Å²) in [5, 5.41) is 7.77. The van der Waals surface area contributed by atoms with E-state index in [9.17, 15) is 0 Å². The van der Waals surface area contributed by atoms with Crippen molar-refractivity contribution in [3.8, 4) is 0 Å². The molecule has 0 bridgehead atoms. The van der Waals surface area contributed by atoms with Crippen molar-refractivity contribution in [2.24, 2.45) is 5.73 Å². The van der Waals surface area contributed by atoms with Crippen LogP contribution in [0.4, 0.5) is 0 Å². The first kappa shape index (κ1) is 13.1. The zero-order valence-corrected chi connectivity index (χ0v) is 10.8. The lowest BCUT2D eigenvalue weighted by Crippen LogP contribution is -2.38. The third-order valence-corrected chi connectivity index (χ3v) is 3.58. The number of benzene rings is 1. The zero-order chi connectivity index (χ0) is 13.0. The molecule has 98 valence electrons. The van der Waals surface area contributed by atoms with Crippen LogP contribution in [0, 0.1) is 5.41 Å². The highest BCUT2D eigenvalue weighted by Crippen LogP contribution is 2.19. The molecule has 0 aromatic heterocycles. The van der Waals surface area contributed by atoms with Gasteiger partial charge in [-0.2, -0.15) is 0 Å². The van der Waals surface area contributed by atoms with Gasteiger partial charge >= 0.3 is 0 Å². The standard InChI is InChI=1S/C14H21N3O/c1-17(12-7-8-18-10-12)9-13(14(15)16)11-5-3-2-4-6-11/h2-6,12-13H,7-10H2,1H3,(H3,15,16). The van der Waals surface area contributed by atoms with Crippen molar-refractivity contribution in [3.05, 3.63) is 35.9 Å². The second-order valence-electron chi connectivity index (χ2n) is 4.88. The molecule has 0 spiro atoms. The Bertz CT molecular complexity index is 387. The van der Waals surface area contributed by atoms with Crippen LogP contribution < -0.4 is 5.73 Å². The van der Waals surface area contributed by atoms with Crippen molar-refractivity contribution >= 4 is 5.84 Å². The first-order valence-electron chi connectivity index (χ1n) is 6.35. The van der Waals surface area contributed by atoms with E-state index in [1.165, 1.54) is 0 Å². The maximum Gasteiger partial charge on any atom is 0.0995 e. The number of hydrogen-bond acceptors (Lipinski definition) is 3. The Morgan fingerprint density at radius 3 is 2.78 bits per heavy atom. The van der Waals surface area contributed by atoms with Crippen molar-refractivity contribution < 1.29 is 4.74 Å². The number of nitrogens with one attached hydrogen (secondary N) is 1. The summed E-state index contributed by atoms with van der Waals surface area (Å²) in [6.07, 6.45) is 1.07. The maximum atomic E-state index is 7.77. The summed E-state index contributed by atoms with van der Waals surface area (Å²) in [6.45, 7) is 2.40. The second kappa shape index (κ2) is 5.98. The van der Waals surface area contributed by atoms with E-state index in [1.807, 2.05) is 30.3 Å². The molecule has 1 aliphatic rings. The molecule has 3 N–H and O–H groups in total. The molecule has 18 heavy (non-hydrogen) atoms. The predicted octanol–water partition coefficient (Wildman–Crippen LogP) is 1.43. The molecule has 0 amide bonds. The fourth-order valence-corrected chi connectivity index (χ4v) is 2.38. The van der Waals surface area contributed by atoms with Gasteiger partial charge in [0.05, 0.1) is 18.4 Å². The molecule has 2 rings (SSSR count). The quantitative estimate of drug-likeness (QED) is 0.611. The molecule has 1 saturated heterocycles. The molecule has 1 aliphatic heterocycles. The zero-order valence-electron chi connectivity index (χ0n) is 10.8. The SMILES string of the molecule is CN(CC(C(=N)N)c1ccccc1)C1CCOC1. The minimum atomic E-state index is -0.0307. The summed E-state index contributed by atoms with van der Waals surface area (Å²) < 4.78 is 5.40. The minimum Gasteiger partial charge on any atom is -0.387 e. The van der Waals surface area contributed by atoms with Crippen LogP contribution in [-0.4, -0.2) is 43.6 Å². The first-order chi connectivity index (χ1) is 8.68. The number of likely N-dealkylation sites (N-methyl/N-ethyl adjacent to an activating group) is 1. The molecule has 2 unspecified atom stereocenters. The molecule has 0 radical (unpaired) electrons. The molecule has 1 aromatic carbocycles. The summed E-state index contributed by atoms with van der Waals surface area (Å²) >= 11 is 0. The van der Waals surface area contributed by atoms with E-state index in [2.05, 4.69) is 11.9 Å². The lowest BCUT2D eigenvalue weighted by Gasteiger charge is -2.27. The maximum absolute atomic E-state index is 7.77. The highest BCUT2D eigenvalue weighted by Gasteiger charge is 2.24. The Morgan fingerprint density at radius 2 is 2.22 bits per heavy atom. The molecular formula is C14H21N3O. The smallest absolute Gasteiger partial charge is 0.0995 e. The van der Waals surface area contributed by atoms with Crippen LogP contribution >= 0.6 is 0 Å². The summed E-state index contributed by atoms with van der Waals surface area (Å²) in [7, 11) is 2.08. The highest BCUT2D eigenvalue weighted by atomic mass is 16.5. The van der Waals surface area contributed by atoms with Crippen LogP contribution in [0.1, 0.15) is 17.9 Å². The third kappa shape index (κ3) is 3.09. The molecule has 1 aromatic rings. The van der Waals surface area contributed by atoms with Crippen LogP contribution in [0.25, 0.3) is 0 Å². The number of nitrogens with zero attached hydrogens (tertiary/aromatic N) is 1. The van der Waals surface area contributed by atoms with E-state index < -0.39 is 0 Å². The average molecular weight is 247 g/mol. The first-order valence-corrected chi connectivity index (χ1v) is 6.35. The van der Waals surface area contributed by atoms with E-state index in [0.29, 0.717) is 6.04 Å². The molecule has 0 aliphatic carbocycles. The Balaban J connectivity index is 2.04. The normalized spacial score (nSPS) is 21.1. The number of amidine groups is 1. The second-order valence-corrected chi connectivity index (χ2v) is 4.88. The molecule has 4 heteroatoms. The van der Waals surface area contributed by atoms with E-state index in [0.717, 1.165) is 31.7 Å². The van der Waals surface area contributed by atoms with Gasteiger partial charge in [-0.1, -0.05) is 30.3 Å². The van der Waals surface area contributed by atoms with E-state index in [4.69, 9.17) is 15.9 Å². The van der Waals surface area contributed by atoms with Crippen LogP contribution in [0.3, 0.4) is 0 Å². The van der Waals surface area contributed by atoms with Gasteiger partial charge in [-0.05, 0) is 19.0 Å². The number of hydrogen-bond donors (Lipinski definition) is 2.